The van der Waals surface area contributed by atoms with E-state index in [9.17, 15) is 0 Å². The van der Waals surface area contributed by atoms with E-state index >= 15 is 0 Å². The van der Waals surface area contributed by atoms with Gasteiger partial charge in [0.15, 0.2) is 5.82 Å². The fourth-order valence-electron chi connectivity index (χ4n) is 1.12. The minimum absolute atomic E-state index is 0.157. The zero-order valence-electron chi connectivity index (χ0n) is 8.10. The van der Waals surface area contributed by atoms with Crippen molar-refractivity contribution < 1.29 is 4.52 Å². The Morgan fingerprint density at radius 2 is 2.40 bits per heavy atom. The van der Waals surface area contributed by atoms with E-state index < -0.39 is 0 Å². The highest BCUT2D eigenvalue weighted by Gasteiger charge is 2.08. The van der Waals surface area contributed by atoms with Gasteiger partial charge in [0.25, 0.3) is 0 Å². The molecule has 15 heavy (non-hydrogen) atoms. The first-order valence-electron chi connectivity index (χ1n) is 4.37. The van der Waals surface area contributed by atoms with Gasteiger partial charge in [-0.15, -0.1) is 11.3 Å². The molecule has 0 N–H and O–H groups in total. The normalized spacial score (nSPS) is 10.1. The van der Waals surface area contributed by atoms with E-state index in [4.69, 9.17) is 9.78 Å². The molecule has 0 bridgehead atoms. The van der Waals surface area contributed by atoms with Crippen LogP contribution < -0.4 is 0 Å². The van der Waals surface area contributed by atoms with Gasteiger partial charge in [0.2, 0.25) is 5.89 Å². The topological polar surface area (TPSA) is 75.6 Å². The lowest BCUT2D eigenvalue weighted by molar-refractivity contribution is 0.382. The molecule has 2 aromatic rings. The summed E-state index contributed by atoms with van der Waals surface area (Å²) in [4.78, 5) is 8.36. The number of nitriles is 1. The molecule has 6 heteroatoms. The second-order valence-corrected chi connectivity index (χ2v) is 3.94. The van der Waals surface area contributed by atoms with Gasteiger partial charge in [-0.05, 0) is 6.92 Å². The third-order valence-electron chi connectivity index (χ3n) is 1.72. The number of aryl methyl sites for hydroxylation is 1. The summed E-state index contributed by atoms with van der Waals surface area (Å²) in [5.41, 5.74) is 0.996. The first kappa shape index (κ1) is 9.80. The second kappa shape index (κ2) is 4.19. The Bertz CT molecular complexity index is 496. The highest BCUT2D eigenvalue weighted by molar-refractivity contribution is 7.09. The lowest BCUT2D eigenvalue weighted by atomic mass is 10.4. The molecule has 0 fully saturated rings. The second-order valence-electron chi connectivity index (χ2n) is 3.00. The Labute approximate surface area is 90.4 Å². The van der Waals surface area contributed by atoms with Crippen LogP contribution in [-0.4, -0.2) is 15.1 Å². The van der Waals surface area contributed by atoms with Crippen molar-refractivity contribution in [1.29, 1.82) is 5.26 Å². The Balaban J connectivity index is 2.08. The summed E-state index contributed by atoms with van der Waals surface area (Å²) in [5.74, 6) is 0.940. The van der Waals surface area contributed by atoms with Crippen LogP contribution in [0, 0.1) is 18.3 Å². The van der Waals surface area contributed by atoms with Crippen LogP contribution in [0.4, 0.5) is 0 Å². The predicted molar refractivity (Wildman–Crippen MR) is 53.3 cm³/mol. The number of nitrogens with zero attached hydrogens (tertiary/aromatic N) is 4. The van der Waals surface area contributed by atoms with Crippen molar-refractivity contribution in [2.24, 2.45) is 0 Å². The van der Waals surface area contributed by atoms with Gasteiger partial charge in [-0.2, -0.15) is 10.2 Å². The van der Waals surface area contributed by atoms with Crippen molar-refractivity contribution >= 4 is 11.3 Å². The number of aromatic nitrogens is 3. The van der Waals surface area contributed by atoms with Gasteiger partial charge in [0, 0.05) is 11.1 Å². The molecule has 2 heterocycles. The molecule has 0 unspecified atom stereocenters. The van der Waals surface area contributed by atoms with E-state index in [0.29, 0.717) is 18.1 Å². The Morgan fingerprint density at radius 1 is 1.53 bits per heavy atom. The summed E-state index contributed by atoms with van der Waals surface area (Å²) in [6.45, 7) is 1.94. The summed E-state index contributed by atoms with van der Waals surface area (Å²) in [7, 11) is 0. The van der Waals surface area contributed by atoms with Crippen LogP contribution in [0.25, 0.3) is 0 Å². The number of thiazole rings is 1. The molecule has 0 saturated carbocycles. The maximum Gasteiger partial charge on any atom is 0.240 e. The molecule has 2 aromatic heterocycles. The largest absolute Gasteiger partial charge is 0.338 e. The quantitative estimate of drug-likeness (QED) is 0.783. The average Bonchev–Trinajstić information content (AvgIpc) is 2.78. The van der Waals surface area contributed by atoms with Crippen molar-refractivity contribution in [2.75, 3.05) is 0 Å². The van der Waals surface area contributed by atoms with Crippen molar-refractivity contribution in [3.8, 4) is 6.07 Å². The Hall–Kier alpha value is -1.74. The highest BCUT2D eigenvalue weighted by Crippen LogP contribution is 2.12. The molecule has 0 radical (unpaired) electrons. The molecule has 0 aromatic carbocycles. The summed E-state index contributed by atoms with van der Waals surface area (Å²) in [5, 5.41) is 15.1. The molecule has 76 valence electrons. The molecule has 2 rings (SSSR count). The zero-order chi connectivity index (χ0) is 10.7. The van der Waals surface area contributed by atoms with Crippen molar-refractivity contribution in [3.05, 3.63) is 27.8 Å². The van der Waals surface area contributed by atoms with Crippen molar-refractivity contribution in [1.82, 2.24) is 15.1 Å². The summed E-state index contributed by atoms with van der Waals surface area (Å²) >= 11 is 1.57. The molecule has 0 aliphatic carbocycles. The highest BCUT2D eigenvalue weighted by atomic mass is 32.1. The molecule has 0 aliphatic rings. The Kier molecular flexibility index (Phi) is 2.74. The van der Waals surface area contributed by atoms with Crippen LogP contribution >= 0.6 is 11.3 Å². The molecule has 5 nitrogen and oxygen atoms in total. The van der Waals surface area contributed by atoms with Crippen molar-refractivity contribution in [2.45, 2.75) is 19.8 Å². The summed E-state index contributed by atoms with van der Waals surface area (Å²) in [6, 6.07) is 1.96. The van der Waals surface area contributed by atoms with Crippen LogP contribution in [0.1, 0.15) is 22.4 Å². The fourth-order valence-corrected chi connectivity index (χ4v) is 1.89. The maximum atomic E-state index is 8.43. The van der Waals surface area contributed by atoms with E-state index in [-0.39, 0.29) is 6.42 Å². The third-order valence-corrected chi connectivity index (χ3v) is 2.68. The smallest absolute Gasteiger partial charge is 0.240 e. The SMILES string of the molecule is Cc1csc(Cc2noc(CC#N)n2)n1. The number of rotatable bonds is 3. The minimum Gasteiger partial charge on any atom is -0.338 e. The molecule has 0 aliphatic heterocycles. The summed E-state index contributed by atoms with van der Waals surface area (Å²) < 4.78 is 4.88. The van der Waals surface area contributed by atoms with Crippen LogP contribution in [0.5, 0.6) is 0 Å². The van der Waals surface area contributed by atoms with E-state index in [2.05, 4.69) is 15.1 Å². The monoisotopic (exact) mass is 220 g/mol. The molecule has 0 spiro atoms. The third kappa shape index (κ3) is 2.39. The maximum absolute atomic E-state index is 8.43. The number of hydrogen-bond acceptors (Lipinski definition) is 6. The molecule has 0 atom stereocenters. The van der Waals surface area contributed by atoms with Gasteiger partial charge >= 0.3 is 0 Å². The first-order valence-corrected chi connectivity index (χ1v) is 5.25. The van der Waals surface area contributed by atoms with E-state index in [1.807, 2.05) is 18.4 Å². The van der Waals surface area contributed by atoms with E-state index in [1.165, 1.54) is 0 Å². The van der Waals surface area contributed by atoms with Gasteiger partial charge in [-0.1, -0.05) is 5.16 Å². The number of hydrogen-bond donors (Lipinski definition) is 0. The fraction of sp³-hybridized carbons (Fsp3) is 0.333. The van der Waals surface area contributed by atoms with Crippen molar-refractivity contribution in [3.63, 3.8) is 0 Å². The van der Waals surface area contributed by atoms with Gasteiger partial charge in [-0.3, -0.25) is 0 Å². The minimum atomic E-state index is 0.157. The van der Waals surface area contributed by atoms with Crippen LogP contribution in [-0.2, 0) is 12.8 Å². The standard InChI is InChI=1S/C9H8N4OS/c1-6-5-15-9(11-6)4-7-12-8(2-3-10)14-13-7/h5H,2,4H2,1H3. The first-order chi connectivity index (χ1) is 7.28. The Morgan fingerprint density at radius 3 is 3.07 bits per heavy atom. The molecular weight excluding hydrogens is 212 g/mol. The lowest BCUT2D eigenvalue weighted by Gasteiger charge is -1.86. The van der Waals surface area contributed by atoms with Crippen LogP contribution in [0.3, 0.4) is 0 Å². The lowest BCUT2D eigenvalue weighted by Crippen LogP contribution is -1.90. The van der Waals surface area contributed by atoms with E-state index in [1.54, 1.807) is 11.3 Å². The van der Waals surface area contributed by atoms with Crippen LogP contribution in [0.15, 0.2) is 9.90 Å². The van der Waals surface area contributed by atoms with Crippen LogP contribution in [0.2, 0.25) is 0 Å². The molecule has 0 saturated heterocycles. The predicted octanol–water partition coefficient (Wildman–Crippen LogP) is 1.49. The molecular formula is C9H8N4OS. The zero-order valence-corrected chi connectivity index (χ0v) is 8.91. The summed E-state index contributed by atoms with van der Waals surface area (Å²) in [6.07, 6.45) is 0.720. The van der Waals surface area contributed by atoms with Gasteiger partial charge in [0.05, 0.1) is 12.5 Å². The van der Waals surface area contributed by atoms with Gasteiger partial charge < -0.3 is 4.52 Å². The van der Waals surface area contributed by atoms with Gasteiger partial charge in [-0.25, -0.2) is 4.98 Å². The average molecular weight is 220 g/mol. The van der Waals surface area contributed by atoms with Gasteiger partial charge in [0.1, 0.15) is 11.4 Å². The van der Waals surface area contributed by atoms with E-state index in [0.717, 1.165) is 10.7 Å². The molecule has 0 amide bonds.